The molecule has 1 atom stereocenters. The number of aryl methyl sites for hydroxylation is 1. The van der Waals surface area contributed by atoms with E-state index in [1.54, 1.807) is 0 Å². The standard InChI is InChI=1S/C11H20N4O/c1-9-13-14-11(15(9)2)7-12-6-10-4-3-5-16-8-10/h10,12H,3-8H2,1-2H3. The second-order valence-electron chi connectivity index (χ2n) is 4.44. The zero-order valence-corrected chi connectivity index (χ0v) is 10.1. The van der Waals surface area contributed by atoms with Crippen molar-refractivity contribution >= 4 is 0 Å². The fraction of sp³-hybridized carbons (Fsp3) is 0.818. The van der Waals surface area contributed by atoms with Crippen molar-refractivity contribution < 1.29 is 4.74 Å². The van der Waals surface area contributed by atoms with Crippen LogP contribution in [0.2, 0.25) is 0 Å². The number of nitrogens with zero attached hydrogens (tertiary/aromatic N) is 3. The van der Waals surface area contributed by atoms with E-state index in [2.05, 4.69) is 15.5 Å². The van der Waals surface area contributed by atoms with Crippen LogP contribution in [0.1, 0.15) is 24.5 Å². The van der Waals surface area contributed by atoms with Gasteiger partial charge in [0, 0.05) is 20.2 Å². The van der Waals surface area contributed by atoms with Gasteiger partial charge in [0.1, 0.15) is 11.6 Å². The highest BCUT2D eigenvalue weighted by Gasteiger charge is 2.13. The summed E-state index contributed by atoms with van der Waals surface area (Å²) in [4.78, 5) is 0. The molecule has 5 nitrogen and oxygen atoms in total. The van der Waals surface area contributed by atoms with E-state index in [-0.39, 0.29) is 0 Å². The van der Waals surface area contributed by atoms with Gasteiger partial charge in [0.25, 0.3) is 0 Å². The van der Waals surface area contributed by atoms with Crippen molar-refractivity contribution in [2.75, 3.05) is 19.8 Å². The molecule has 0 radical (unpaired) electrons. The number of ether oxygens (including phenoxy) is 1. The topological polar surface area (TPSA) is 52.0 Å². The lowest BCUT2D eigenvalue weighted by Gasteiger charge is -2.22. The van der Waals surface area contributed by atoms with Crippen LogP contribution < -0.4 is 5.32 Å². The molecule has 1 aliphatic rings. The quantitative estimate of drug-likeness (QED) is 0.815. The third-order valence-corrected chi connectivity index (χ3v) is 3.15. The first-order valence-electron chi connectivity index (χ1n) is 5.90. The molecular weight excluding hydrogens is 204 g/mol. The molecule has 1 unspecified atom stereocenters. The van der Waals surface area contributed by atoms with E-state index in [1.807, 2.05) is 18.5 Å². The Morgan fingerprint density at radius 1 is 1.50 bits per heavy atom. The molecule has 2 rings (SSSR count). The molecule has 1 N–H and O–H groups in total. The molecular formula is C11H20N4O. The SMILES string of the molecule is Cc1nnc(CNCC2CCCOC2)n1C. The zero-order valence-electron chi connectivity index (χ0n) is 10.1. The molecule has 2 heterocycles. The lowest BCUT2D eigenvalue weighted by atomic mass is 10.0. The summed E-state index contributed by atoms with van der Waals surface area (Å²) >= 11 is 0. The lowest BCUT2D eigenvalue weighted by molar-refractivity contribution is 0.0546. The molecule has 0 amide bonds. The fourth-order valence-electron chi connectivity index (χ4n) is 1.96. The van der Waals surface area contributed by atoms with E-state index in [9.17, 15) is 0 Å². The Hall–Kier alpha value is -0.940. The van der Waals surface area contributed by atoms with Gasteiger partial charge in [-0.2, -0.15) is 0 Å². The molecule has 0 spiro atoms. The number of aromatic nitrogens is 3. The van der Waals surface area contributed by atoms with Crippen molar-refractivity contribution in [2.24, 2.45) is 13.0 Å². The molecule has 1 aromatic heterocycles. The van der Waals surface area contributed by atoms with Crippen LogP contribution in [0.4, 0.5) is 0 Å². The van der Waals surface area contributed by atoms with Gasteiger partial charge < -0.3 is 14.6 Å². The molecule has 0 bridgehead atoms. The molecule has 1 fully saturated rings. The van der Waals surface area contributed by atoms with Gasteiger partial charge in [-0.15, -0.1) is 10.2 Å². The summed E-state index contributed by atoms with van der Waals surface area (Å²) in [6.07, 6.45) is 2.46. The van der Waals surface area contributed by atoms with Crippen LogP contribution in [0.3, 0.4) is 0 Å². The van der Waals surface area contributed by atoms with Gasteiger partial charge >= 0.3 is 0 Å². The minimum atomic E-state index is 0.656. The van der Waals surface area contributed by atoms with Crippen LogP contribution in [-0.4, -0.2) is 34.5 Å². The van der Waals surface area contributed by atoms with Crippen LogP contribution >= 0.6 is 0 Å². The maximum Gasteiger partial charge on any atom is 0.146 e. The third kappa shape index (κ3) is 2.80. The van der Waals surface area contributed by atoms with E-state index in [1.165, 1.54) is 12.8 Å². The molecule has 1 aliphatic heterocycles. The molecule has 90 valence electrons. The highest BCUT2D eigenvalue weighted by Crippen LogP contribution is 2.12. The zero-order chi connectivity index (χ0) is 11.4. The average Bonchev–Trinajstić information content (AvgIpc) is 2.62. The van der Waals surface area contributed by atoms with Crippen molar-refractivity contribution in [3.8, 4) is 0 Å². The first-order valence-corrected chi connectivity index (χ1v) is 5.90. The van der Waals surface area contributed by atoms with Crippen molar-refractivity contribution in [1.29, 1.82) is 0 Å². The Morgan fingerprint density at radius 2 is 2.38 bits per heavy atom. The van der Waals surface area contributed by atoms with E-state index in [0.717, 1.165) is 38.0 Å². The van der Waals surface area contributed by atoms with Gasteiger partial charge in [-0.25, -0.2) is 0 Å². The van der Waals surface area contributed by atoms with Crippen LogP contribution in [0.25, 0.3) is 0 Å². The maximum absolute atomic E-state index is 5.44. The van der Waals surface area contributed by atoms with Gasteiger partial charge in [0.05, 0.1) is 13.2 Å². The molecule has 0 saturated carbocycles. The predicted molar refractivity (Wildman–Crippen MR) is 61.0 cm³/mol. The van der Waals surface area contributed by atoms with E-state index in [4.69, 9.17) is 4.74 Å². The summed E-state index contributed by atoms with van der Waals surface area (Å²) in [5.74, 6) is 2.61. The van der Waals surface area contributed by atoms with Gasteiger partial charge in [0.15, 0.2) is 0 Å². The number of rotatable bonds is 4. The number of nitrogens with one attached hydrogen (secondary N) is 1. The smallest absolute Gasteiger partial charge is 0.146 e. The monoisotopic (exact) mass is 224 g/mol. The lowest BCUT2D eigenvalue weighted by Crippen LogP contribution is -2.29. The highest BCUT2D eigenvalue weighted by atomic mass is 16.5. The number of hydrogen-bond acceptors (Lipinski definition) is 4. The molecule has 16 heavy (non-hydrogen) atoms. The van der Waals surface area contributed by atoms with Crippen LogP contribution in [0.5, 0.6) is 0 Å². The van der Waals surface area contributed by atoms with Gasteiger partial charge in [-0.3, -0.25) is 0 Å². The van der Waals surface area contributed by atoms with Crippen molar-refractivity contribution in [3.05, 3.63) is 11.6 Å². The van der Waals surface area contributed by atoms with Crippen molar-refractivity contribution in [2.45, 2.75) is 26.3 Å². The predicted octanol–water partition coefficient (Wildman–Crippen LogP) is 0.640. The second kappa shape index (κ2) is 5.41. The third-order valence-electron chi connectivity index (χ3n) is 3.15. The summed E-state index contributed by atoms with van der Waals surface area (Å²) in [6.45, 7) is 5.58. The second-order valence-corrected chi connectivity index (χ2v) is 4.44. The summed E-state index contributed by atoms with van der Waals surface area (Å²) in [5, 5.41) is 11.6. The molecule has 5 heteroatoms. The summed E-state index contributed by atoms with van der Waals surface area (Å²) in [7, 11) is 2.00. The first-order chi connectivity index (χ1) is 7.77. The van der Waals surface area contributed by atoms with E-state index >= 15 is 0 Å². The summed E-state index contributed by atoms with van der Waals surface area (Å²) in [6, 6.07) is 0. The largest absolute Gasteiger partial charge is 0.381 e. The minimum Gasteiger partial charge on any atom is -0.381 e. The van der Waals surface area contributed by atoms with E-state index < -0.39 is 0 Å². The first kappa shape index (κ1) is 11.5. The molecule has 1 aromatic rings. The van der Waals surface area contributed by atoms with Crippen LogP contribution in [-0.2, 0) is 18.3 Å². The van der Waals surface area contributed by atoms with Crippen molar-refractivity contribution in [3.63, 3.8) is 0 Å². The van der Waals surface area contributed by atoms with Crippen LogP contribution in [0.15, 0.2) is 0 Å². The Morgan fingerprint density at radius 3 is 3.00 bits per heavy atom. The Labute approximate surface area is 96.2 Å². The Kier molecular flexibility index (Phi) is 3.90. The molecule has 0 aromatic carbocycles. The normalized spacial score (nSPS) is 21.2. The molecule has 0 aliphatic carbocycles. The van der Waals surface area contributed by atoms with Crippen molar-refractivity contribution in [1.82, 2.24) is 20.1 Å². The Balaban J connectivity index is 1.73. The summed E-state index contributed by atoms with van der Waals surface area (Å²) < 4.78 is 7.46. The minimum absolute atomic E-state index is 0.656. The van der Waals surface area contributed by atoms with Gasteiger partial charge in [0.2, 0.25) is 0 Å². The Bertz CT molecular complexity index is 331. The average molecular weight is 224 g/mol. The summed E-state index contributed by atoms with van der Waals surface area (Å²) in [5.41, 5.74) is 0. The fourth-order valence-corrected chi connectivity index (χ4v) is 1.96. The highest BCUT2D eigenvalue weighted by molar-refractivity contribution is 4.91. The molecule has 1 saturated heterocycles. The maximum atomic E-state index is 5.44. The van der Waals surface area contributed by atoms with Gasteiger partial charge in [-0.05, 0) is 25.7 Å². The van der Waals surface area contributed by atoms with Gasteiger partial charge in [-0.1, -0.05) is 0 Å². The number of hydrogen-bond donors (Lipinski definition) is 1. The van der Waals surface area contributed by atoms with Crippen LogP contribution in [0, 0.1) is 12.8 Å². The van der Waals surface area contributed by atoms with E-state index in [0.29, 0.717) is 5.92 Å².